The van der Waals surface area contributed by atoms with Crippen LogP contribution in [0.3, 0.4) is 0 Å². The molecule has 0 radical (unpaired) electrons. The van der Waals surface area contributed by atoms with Gasteiger partial charge in [0.25, 0.3) is 0 Å². The number of rotatable bonds is 4. The van der Waals surface area contributed by atoms with E-state index in [0.717, 1.165) is 5.56 Å². The molecule has 1 atom stereocenters. The van der Waals surface area contributed by atoms with Gasteiger partial charge in [0.2, 0.25) is 5.91 Å². The number of ether oxygens (including phenoxy) is 1. The number of carboxylic acids is 1. The van der Waals surface area contributed by atoms with Crippen LogP contribution < -0.4 is 4.74 Å². The minimum Gasteiger partial charge on any atom is -0.495 e. The van der Waals surface area contributed by atoms with Gasteiger partial charge in [0.1, 0.15) is 11.8 Å². The van der Waals surface area contributed by atoms with Gasteiger partial charge >= 0.3 is 5.97 Å². The summed E-state index contributed by atoms with van der Waals surface area (Å²) in [6.45, 7) is 0.517. The molecule has 6 nitrogen and oxygen atoms in total. The Morgan fingerprint density at radius 1 is 1.57 bits per heavy atom. The third kappa shape index (κ3) is 3.31. The van der Waals surface area contributed by atoms with Gasteiger partial charge in [-0.15, -0.1) is 0 Å². The lowest BCUT2D eigenvalue weighted by molar-refractivity contribution is -0.147. The van der Waals surface area contributed by atoms with Crippen molar-refractivity contribution < 1.29 is 19.4 Å². The van der Waals surface area contributed by atoms with Crippen molar-refractivity contribution >= 4 is 11.9 Å². The molecule has 1 aromatic rings. The van der Waals surface area contributed by atoms with Gasteiger partial charge in [0, 0.05) is 19.5 Å². The monoisotopic (exact) mass is 288 g/mol. The van der Waals surface area contributed by atoms with E-state index >= 15 is 0 Å². The first kappa shape index (κ1) is 14.9. The number of carboxylic acid groups (broad SMARTS) is 1. The molecule has 0 aromatic heterocycles. The third-order valence-corrected chi connectivity index (χ3v) is 3.61. The Bertz CT molecular complexity index is 606. The molecular weight excluding hydrogens is 272 g/mol. The average molecular weight is 288 g/mol. The van der Waals surface area contributed by atoms with E-state index in [1.165, 1.54) is 12.0 Å². The molecule has 2 rings (SSSR count). The van der Waals surface area contributed by atoms with Crippen molar-refractivity contribution in [3.05, 3.63) is 29.3 Å². The topological polar surface area (TPSA) is 90.6 Å². The maximum absolute atomic E-state index is 11.9. The lowest BCUT2D eigenvalue weighted by Gasteiger charge is -2.30. The quantitative estimate of drug-likeness (QED) is 0.904. The van der Waals surface area contributed by atoms with Crippen LogP contribution in [0.5, 0.6) is 5.75 Å². The number of nitriles is 1. The van der Waals surface area contributed by atoms with Crippen LogP contribution in [0.2, 0.25) is 0 Å². The van der Waals surface area contributed by atoms with Crippen molar-refractivity contribution in [1.29, 1.82) is 5.26 Å². The number of carbonyl (C=O) groups is 2. The number of methoxy groups -OCH3 is 1. The number of hydrogen-bond donors (Lipinski definition) is 1. The minimum atomic E-state index is -0.875. The number of amides is 1. The van der Waals surface area contributed by atoms with E-state index in [-0.39, 0.29) is 18.9 Å². The van der Waals surface area contributed by atoms with E-state index < -0.39 is 11.9 Å². The summed E-state index contributed by atoms with van der Waals surface area (Å²) >= 11 is 0. The van der Waals surface area contributed by atoms with Gasteiger partial charge in [-0.3, -0.25) is 9.59 Å². The number of benzene rings is 1. The first-order valence-electron chi connectivity index (χ1n) is 6.62. The fourth-order valence-corrected chi connectivity index (χ4v) is 2.43. The SMILES string of the molecule is COc1ccc(CN2CC(C(=O)O)CCC2=O)cc1C#N. The number of aliphatic carboxylic acids is 1. The van der Waals surface area contributed by atoms with Crippen molar-refractivity contribution in [1.82, 2.24) is 4.90 Å². The standard InChI is InChI=1S/C15H16N2O4/c1-21-13-4-2-10(6-12(13)7-16)8-17-9-11(15(19)20)3-5-14(17)18/h2,4,6,11H,3,5,8-9H2,1H3,(H,19,20). The number of nitrogens with zero attached hydrogens (tertiary/aromatic N) is 2. The summed E-state index contributed by atoms with van der Waals surface area (Å²) < 4.78 is 5.07. The molecule has 1 aromatic carbocycles. The van der Waals surface area contributed by atoms with Crippen LogP contribution in [0.25, 0.3) is 0 Å². The van der Waals surface area contributed by atoms with Crippen molar-refractivity contribution in [2.75, 3.05) is 13.7 Å². The molecule has 6 heteroatoms. The lowest BCUT2D eigenvalue weighted by atomic mass is 9.97. The zero-order valence-electron chi connectivity index (χ0n) is 11.7. The smallest absolute Gasteiger partial charge is 0.308 e. The van der Waals surface area contributed by atoms with Crippen molar-refractivity contribution in [2.24, 2.45) is 5.92 Å². The van der Waals surface area contributed by atoms with Gasteiger partial charge in [0.05, 0.1) is 18.6 Å². The highest BCUT2D eigenvalue weighted by Gasteiger charge is 2.30. The second-order valence-corrected chi connectivity index (χ2v) is 4.99. The maximum atomic E-state index is 11.9. The van der Waals surface area contributed by atoms with Gasteiger partial charge in [-0.25, -0.2) is 0 Å². The predicted molar refractivity (Wildman–Crippen MR) is 73.5 cm³/mol. The third-order valence-electron chi connectivity index (χ3n) is 3.61. The molecule has 1 aliphatic heterocycles. The molecular formula is C15H16N2O4. The summed E-state index contributed by atoms with van der Waals surface area (Å²) in [5, 5.41) is 18.1. The molecule has 0 aliphatic carbocycles. The van der Waals surface area contributed by atoms with Crippen molar-refractivity contribution in [3.8, 4) is 11.8 Å². The van der Waals surface area contributed by atoms with Crippen LogP contribution in [0, 0.1) is 17.2 Å². The van der Waals surface area contributed by atoms with Gasteiger partial charge < -0.3 is 14.7 Å². The zero-order chi connectivity index (χ0) is 15.4. The Labute approximate surface area is 122 Å². The van der Waals surface area contributed by atoms with Gasteiger partial charge in [-0.05, 0) is 24.1 Å². The molecule has 0 spiro atoms. The van der Waals surface area contributed by atoms with E-state index in [1.807, 2.05) is 6.07 Å². The number of likely N-dealkylation sites (tertiary alicyclic amines) is 1. The normalized spacial score (nSPS) is 18.2. The van der Waals surface area contributed by atoms with Gasteiger partial charge in [0.15, 0.2) is 0 Å². The average Bonchev–Trinajstić information content (AvgIpc) is 2.49. The van der Waals surface area contributed by atoms with E-state index in [4.69, 9.17) is 15.1 Å². The van der Waals surface area contributed by atoms with Crippen LogP contribution in [0.15, 0.2) is 18.2 Å². The predicted octanol–water partition coefficient (Wildman–Crippen LogP) is 1.39. The van der Waals surface area contributed by atoms with Crippen molar-refractivity contribution in [3.63, 3.8) is 0 Å². The summed E-state index contributed by atoms with van der Waals surface area (Å²) in [4.78, 5) is 24.5. The van der Waals surface area contributed by atoms with E-state index in [0.29, 0.717) is 24.3 Å². The van der Waals surface area contributed by atoms with Crippen LogP contribution in [0.1, 0.15) is 24.0 Å². The van der Waals surface area contributed by atoms with Crippen LogP contribution >= 0.6 is 0 Å². The Kier molecular flexibility index (Phi) is 4.43. The fourth-order valence-electron chi connectivity index (χ4n) is 2.43. The highest BCUT2D eigenvalue weighted by Crippen LogP contribution is 2.23. The first-order valence-corrected chi connectivity index (χ1v) is 6.62. The Balaban J connectivity index is 2.15. The minimum absolute atomic E-state index is 0.0539. The molecule has 1 aliphatic rings. The second kappa shape index (κ2) is 6.27. The summed E-state index contributed by atoms with van der Waals surface area (Å²) in [6, 6.07) is 7.16. The highest BCUT2D eigenvalue weighted by molar-refractivity contribution is 5.80. The lowest BCUT2D eigenvalue weighted by Crippen LogP contribution is -2.42. The second-order valence-electron chi connectivity index (χ2n) is 4.99. The molecule has 1 N–H and O–H groups in total. The molecule has 0 saturated carbocycles. The highest BCUT2D eigenvalue weighted by atomic mass is 16.5. The molecule has 1 unspecified atom stereocenters. The summed E-state index contributed by atoms with van der Waals surface area (Å²) in [5.41, 5.74) is 1.18. The van der Waals surface area contributed by atoms with E-state index in [9.17, 15) is 9.59 Å². The van der Waals surface area contributed by atoms with E-state index in [1.54, 1.807) is 18.2 Å². The molecule has 1 heterocycles. The van der Waals surface area contributed by atoms with Crippen LogP contribution in [-0.2, 0) is 16.1 Å². The maximum Gasteiger partial charge on any atom is 0.308 e. The Morgan fingerprint density at radius 3 is 2.95 bits per heavy atom. The first-order chi connectivity index (χ1) is 10.0. The Morgan fingerprint density at radius 2 is 2.33 bits per heavy atom. The zero-order valence-corrected chi connectivity index (χ0v) is 11.7. The molecule has 110 valence electrons. The molecule has 1 amide bonds. The number of piperidine rings is 1. The van der Waals surface area contributed by atoms with Crippen LogP contribution in [-0.4, -0.2) is 35.5 Å². The molecule has 1 fully saturated rings. The molecule has 21 heavy (non-hydrogen) atoms. The largest absolute Gasteiger partial charge is 0.495 e. The van der Waals surface area contributed by atoms with Crippen LogP contribution in [0.4, 0.5) is 0 Å². The number of hydrogen-bond acceptors (Lipinski definition) is 4. The summed E-state index contributed by atoms with van der Waals surface area (Å²) in [5.74, 6) is -0.965. The van der Waals surface area contributed by atoms with Gasteiger partial charge in [-0.1, -0.05) is 6.07 Å². The summed E-state index contributed by atoms with van der Waals surface area (Å²) in [7, 11) is 1.49. The number of carbonyl (C=O) groups excluding carboxylic acids is 1. The molecule has 0 bridgehead atoms. The molecule has 1 saturated heterocycles. The Hall–Kier alpha value is -2.55. The summed E-state index contributed by atoms with van der Waals surface area (Å²) in [6.07, 6.45) is 0.634. The van der Waals surface area contributed by atoms with E-state index in [2.05, 4.69) is 0 Å². The fraction of sp³-hybridized carbons (Fsp3) is 0.400. The van der Waals surface area contributed by atoms with Gasteiger partial charge in [-0.2, -0.15) is 5.26 Å². The van der Waals surface area contributed by atoms with Crippen molar-refractivity contribution in [2.45, 2.75) is 19.4 Å².